The van der Waals surface area contributed by atoms with Crippen LogP contribution in [0.5, 0.6) is 5.75 Å². The second kappa shape index (κ2) is 10.5. The van der Waals surface area contributed by atoms with E-state index in [1.54, 1.807) is 19.2 Å². The Hall–Kier alpha value is -3.67. The second-order valence-electron chi connectivity index (χ2n) is 8.76. The van der Waals surface area contributed by atoms with Crippen LogP contribution in [0, 0.1) is 6.92 Å². The number of rotatable bonds is 6. The van der Waals surface area contributed by atoms with E-state index in [0.717, 1.165) is 29.8 Å². The van der Waals surface area contributed by atoms with E-state index in [2.05, 4.69) is 5.32 Å². The van der Waals surface area contributed by atoms with Crippen LogP contribution in [0.4, 0.5) is 0 Å². The Labute approximate surface area is 201 Å². The van der Waals surface area contributed by atoms with Gasteiger partial charge in [0.1, 0.15) is 5.75 Å². The summed E-state index contributed by atoms with van der Waals surface area (Å²) in [7, 11) is 1.58. The topological polar surface area (TPSA) is 71.5 Å². The summed E-state index contributed by atoms with van der Waals surface area (Å²) in [5.41, 5.74) is 3.95. The average molecular weight is 458 g/mol. The molecule has 2 heterocycles. The van der Waals surface area contributed by atoms with Crippen LogP contribution in [0.3, 0.4) is 0 Å². The number of hydrogen-bond acceptors (Lipinski definition) is 4. The molecule has 1 aliphatic heterocycles. The molecule has 1 unspecified atom stereocenters. The van der Waals surface area contributed by atoms with Crippen molar-refractivity contribution in [3.63, 3.8) is 0 Å². The van der Waals surface area contributed by atoms with Crippen molar-refractivity contribution in [3.8, 4) is 5.75 Å². The fraction of sp³-hybridized carbons (Fsp3) is 0.321. The van der Waals surface area contributed by atoms with Gasteiger partial charge in [-0.2, -0.15) is 0 Å². The maximum Gasteiger partial charge on any atom is 0.257 e. The van der Waals surface area contributed by atoms with Gasteiger partial charge in [0.05, 0.1) is 30.0 Å². The summed E-state index contributed by atoms with van der Waals surface area (Å²) in [5, 5.41) is 3.12. The summed E-state index contributed by atoms with van der Waals surface area (Å²) in [6.07, 6.45) is 1.51. The van der Waals surface area contributed by atoms with Gasteiger partial charge in [-0.1, -0.05) is 42.5 Å². The monoisotopic (exact) mass is 457 g/mol. The largest absolute Gasteiger partial charge is 0.496 e. The number of para-hydroxylation sites is 1. The van der Waals surface area contributed by atoms with Gasteiger partial charge in [0, 0.05) is 24.7 Å². The molecule has 3 aromatic rings. The zero-order valence-electron chi connectivity index (χ0n) is 20.0. The molecule has 0 spiro atoms. The third-order valence-electron chi connectivity index (χ3n) is 6.46. The quantitative estimate of drug-likeness (QED) is 0.571. The van der Waals surface area contributed by atoms with E-state index >= 15 is 0 Å². The highest BCUT2D eigenvalue weighted by Gasteiger charge is 2.29. The molecule has 1 aliphatic rings. The Balaban J connectivity index is 1.47. The van der Waals surface area contributed by atoms with Gasteiger partial charge in [0.25, 0.3) is 11.8 Å². The molecule has 1 aromatic heterocycles. The first kappa shape index (κ1) is 23.5. The predicted octanol–water partition coefficient (Wildman–Crippen LogP) is 4.91. The lowest BCUT2D eigenvalue weighted by atomic mass is 9.89. The van der Waals surface area contributed by atoms with Gasteiger partial charge in [-0.3, -0.25) is 14.6 Å². The van der Waals surface area contributed by atoms with E-state index in [4.69, 9.17) is 9.72 Å². The molecule has 6 heteroatoms. The van der Waals surface area contributed by atoms with Crippen molar-refractivity contribution in [3.05, 3.63) is 94.8 Å². The molecule has 176 valence electrons. The van der Waals surface area contributed by atoms with Crippen molar-refractivity contribution in [2.75, 3.05) is 20.2 Å². The molecule has 34 heavy (non-hydrogen) atoms. The first-order valence-electron chi connectivity index (χ1n) is 11.7. The Kier molecular flexibility index (Phi) is 7.26. The number of aromatic nitrogens is 1. The molecule has 0 saturated carbocycles. The molecule has 0 aliphatic carbocycles. The molecule has 1 fully saturated rings. The van der Waals surface area contributed by atoms with Gasteiger partial charge >= 0.3 is 0 Å². The molecule has 2 amide bonds. The van der Waals surface area contributed by atoms with Crippen molar-refractivity contribution in [1.82, 2.24) is 15.2 Å². The predicted molar refractivity (Wildman–Crippen MR) is 132 cm³/mol. The maximum absolute atomic E-state index is 13.2. The summed E-state index contributed by atoms with van der Waals surface area (Å²) in [6, 6.07) is 20.9. The molecule has 1 atom stereocenters. The Morgan fingerprint density at radius 3 is 2.35 bits per heavy atom. The molecule has 1 N–H and O–H groups in total. The van der Waals surface area contributed by atoms with Crippen LogP contribution in [0.25, 0.3) is 0 Å². The highest BCUT2D eigenvalue weighted by Crippen LogP contribution is 2.31. The average Bonchev–Trinajstić information content (AvgIpc) is 2.88. The van der Waals surface area contributed by atoms with E-state index in [9.17, 15) is 9.59 Å². The number of carbonyl (C=O) groups is 2. The van der Waals surface area contributed by atoms with E-state index in [1.165, 1.54) is 0 Å². The van der Waals surface area contributed by atoms with Gasteiger partial charge in [-0.15, -0.1) is 0 Å². The standard InChI is InChI=1S/C28H31N3O3/c1-19-13-14-24(27(32)30-20(2)21-9-5-4-6-10-21)26(29-19)22-15-17-31(18-16-22)28(33)23-11-7-8-12-25(23)34-3/h4-14,20,22H,15-18H2,1-3H3,(H,30,32). The lowest BCUT2D eigenvalue weighted by Gasteiger charge is -2.33. The van der Waals surface area contributed by atoms with Crippen molar-refractivity contribution in [1.29, 1.82) is 0 Å². The van der Waals surface area contributed by atoms with Crippen LogP contribution in [-0.2, 0) is 0 Å². The second-order valence-corrected chi connectivity index (χ2v) is 8.76. The zero-order chi connectivity index (χ0) is 24.1. The number of amides is 2. The van der Waals surface area contributed by atoms with Crippen LogP contribution in [0.1, 0.15) is 69.4 Å². The fourth-order valence-corrected chi connectivity index (χ4v) is 4.53. The number of likely N-dealkylation sites (tertiary alicyclic amines) is 1. The number of pyridine rings is 1. The minimum Gasteiger partial charge on any atom is -0.496 e. The number of nitrogens with zero attached hydrogens (tertiary/aromatic N) is 2. The number of piperidine rings is 1. The van der Waals surface area contributed by atoms with Crippen molar-refractivity contribution < 1.29 is 14.3 Å². The molecule has 0 bridgehead atoms. The van der Waals surface area contributed by atoms with Gasteiger partial charge in [-0.05, 0) is 56.5 Å². The van der Waals surface area contributed by atoms with Crippen molar-refractivity contribution in [2.24, 2.45) is 0 Å². The third kappa shape index (κ3) is 5.11. The van der Waals surface area contributed by atoms with Crippen LogP contribution in [0.15, 0.2) is 66.7 Å². The number of carbonyl (C=O) groups excluding carboxylic acids is 2. The summed E-state index contributed by atoms with van der Waals surface area (Å²) in [5.74, 6) is 0.560. The van der Waals surface area contributed by atoms with Crippen LogP contribution >= 0.6 is 0 Å². The summed E-state index contributed by atoms with van der Waals surface area (Å²) < 4.78 is 5.36. The molecular weight excluding hydrogens is 426 g/mol. The first-order valence-corrected chi connectivity index (χ1v) is 11.7. The van der Waals surface area contributed by atoms with Gasteiger partial charge in [0.15, 0.2) is 0 Å². The smallest absolute Gasteiger partial charge is 0.257 e. The molecule has 1 saturated heterocycles. The minimum atomic E-state index is -0.119. The summed E-state index contributed by atoms with van der Waals surface area (Å²) >= 11 is 0. The van der Waals surface area contributed by atoms with E-state index in [1.807, 2.05) is 73.3 Å². The Morgan fingerprint density at radius 2 is 1.65 bits per heavy atom. The Bertz CT molecular complexity index is 1150. The van der Waals surface area contributed by atoms with E-state index < -0.39 is 0 Å². The molecular formula is C28H31N3O3. The van der Waals surface area contributed by atoms with Crippen LogP contribution in [-0.4, -0.2) is 41.9 Å². The maximum atomic E-state index is 13.2. The highest BCUT2D eigenvalue weighted by atomic mass is 16.5. The normalized spacial score (nSPS) is 15.0. The number of aryl methyl sites for hydroxylation is 1. The van der Waals surface area contributed by atoms with Gasteiger partial charge in [0.2, 0.25) is 0 Å². The number of benzene rings is 2. The number of nitrogens with one attached hydrogen (secondary N) is 1. The third-order valence-corrected chi connectivity index (χ3v) is 6.46. The minimum absolute atomic E-state index is 0.0252. The Morgan fingerprint density at radius 1 is 0.971 bits per heavy atom. The first-order chi connectivity index (χ1) is 16.5. The SMILES string of the molecule is COc1ccccc1C(=O)N1CCC(c2nc(C)ccc2C(=O)NC(C)c2ccccc2)CC1. The van der Waals surface area contributed by atoms with Crippen LogP contribution < -0.4 is 10.1 Å². The van der Waals surface area contributed by atoms with Gasteiger partial charge < -0.3 is 15.0 Å². The number of methoxy groups -OCH3 is 1. The highest BCUT2D eigenvalue weighted by molar-refractivity contribution is 5.97. The zero-order valence-corrected chi connectivity index (χ0v) is 20.0. The lowest BCUT2D eigenvalue weighted by Crippen LogP contribution is -2.38. The number of hydrogen-bond donors (Lipinski definition) is 1. The summed E-state index contributed by atoms with van der Waals surface area (Å²) in [4.78, 5) is 32.9. The van der Waals surface area contributed by atoms with Gasteiger partial charge in [-0.25, -0.2) is 0 Å². The summed E-state index contributed by atoms with van der Waals surface area (Å²) in [6.45, 7) is 5.14. The number of ether oxygens (including phenoxy) is 1. The van der Waals surface area contributed by atoms with Crippen LogP contribution in [0.2, 0.25) is 0 Å². The molecule has 0 radical (unpaired) electrons. The fourth-order valence-electron chi connectivity index (χ4n) is 4.53. The lowest BCUT2D eigenvalue weighted by molar-refractivity contribution is 0.0707. The van der Waals surface area contributed by atoms with E-state index in [0.29, 0.717) is 30.0 Å². The molecule has 2 aromatic carbocycles. The van der Waals surface area contributed by atoms with Crippen molar-refractivity contribution >= 4 is 11.8 Å². The molecule has 6 nitrogen and oxygen atoms in total. The molecule has 4 rings (SSSR count). The van der Waals surface area contributed by atoms with E-state index in [-0.39, 0.29) is 23.8 Å². The van der Waals surface area contributed by atoms with Crippen molar-refractivity contribution in [2.45, 2.75) is 38.6 Å².